The monoisotopic (exact) mass is 227 g/mol. The molecule has 3 nitrogen and oxygen atoms in total. The molecular formula is C13H29N3. The first-order chi connectivity index (χ1) is 7.63. The van der Waals surface area contributed by atoms with Crippen molar-refractivity contribution in [1.29, 1.82) is 0 Å². The van der Waals surface area contributed by atoms with Crippen LogP contribution in [0.25, 0.3) is 0 Å². The normalized spacial score (nSPS) is 21.6. The second-order valence-electron chi connectivity index (χ2n) is 5.34. The molecule has 1 fully saturated rings. The second kappa shape index (κ2) is 7.25. The first-order valence-corrected chi connectivity index (χ1v) is 6.73. The van der Waals surface area contributed by atoms with E-state index in [1.54, 1.807) is 0 Å². The molecule has 1 N–H and O–H groups in total. The zero-order valence-corrected chi connectivity index (χ0v) is 11.5. The van der Waals surface area contributed by atoms with E-state index >= 15 is 0 Å². The van der Waals surface area contributed by atoms with Gasteiger partial charge < -0.3 is 15.1 Å². The minimum Gasteiger partial charge on any atom is -0.315 e. The quantitative estimate of drug-likeness (QED) is 0.737. The van der Waals surface area contributed by atoms with Crippen molar-refractivity contribution in [3.8, 4) is 0 Å². The van der Waals surface area contributed by atoms with Gasteiger partial charge >= 0.3 is 0 Å². The van der Waals surface area contributed by atoms with Gasteiger partial charge in [0.2, 0.25) is 0 Å². The fourth-order valence-electron chi connectivity index (χ4n) is 2.34. The lowest BCUT2D eigenvalue weighted by molar-refractivity contribution is 0.154. The predicted molar refractivity (Wildman–Crippen MR) is 70.9 cm³/mol. The Labute approximate surface area is 101 Å². The van der Waals surface area contributed by atoms with E-state index in [9.17, 15) is 0 Å². The van der Waals surface area contributed by atoms with Crippen molar-refractivity contribution in [2.45, 2.75) is 32.7 Å². The maximum atomic E-state index is 3.42. The molecule has 1 aliphatic rings. The van der Waals surface area contributed by atoms with Gasteiger partial charge in [0.15, 0.2) is 0 Å². The average molecular weight is 227 g/mol. The molecular weight excluding hydrogens is 198 g/mol. The summed E-state index contributed by atoms with van der Waals surface area (Å²) in [6.45, 7) is 10.5. The molecule has 1 heterocycles. The number of nitrogens with one attached hydrogen (secondary N) is 1. The van der Waals surface area contributed by atoms with E-state index in [0.29, 0.717) is 6.04 Å². The molecule has 3 heteroatoms. The van der Waals surface area contributed by atoms with Crippen LogP contribution in [0.5, 0.6) is 0 Å². The van der Waals surface area contributed by atoms with E-state index in [1.165, 1.54) is 32.5 Å². The Hall–Kier alpha value is -0.120. The Morgan fingerprint density at radius 1 is 1.38 bits per heavy atom. The van der Waals surface area contributed by atoms with Gasteiger partial charge in [-0.1, -0.05) is 6.92 Å². The lowest BCUT2D eigenvalue weighted by Gasteiger charge is -2.34. The van der Waals surface area contributed by atoms with E-state index in [0.717, 1.165) is 19.0 Å². The van der Waals surface area contributed by atoms with Crippen molar-refractivity contribution in [2.75, 3.05) is 46.8 Å². The van der Waals surface area contributed by atoms with Gasteiger partial charge in [0.25, 0.3) is 0 Å². The van der Waals surface area contributed by atoms with Crippen molar-refractivity contribution in [1.82, 2.24) is 15.1 Å². The highest BCUT2D eigenvalue weighted by molar-refractivity contribution is 4.75. The molecule has 0 aromatic carbocycles. The Bertz CT molecular complexity index is 176. The van der Waals surface area contributed by atoms with Crippen LogP contribution >= 0.6 is 0 Å². The number of likely N-dealkylation sites (N-methyl/N-ethyl adjacent to an activating group) is 2. The number of piperidine rings is 1. The lowest BCUT2D eigenvalue weighted by atomic mass is 9.96. The van der Waals surface area contributed by atoms with Crippen LogP contribution < -0.4 is 5.32 Å². The highest BCUT2D eigenvalue weighted by Crippen LogP contribution is 2.17. The van der Waals surface area contributed by atoms with Crippen molar-refractivity contribution < 1.29 is 0 Å². The van der Waals surface area contributed by atoms with Gasteiger partial charge in [0.05, 0.1) is 0 Å². The van der Waals surface area contributed by atoms with Crippen LogP contribution in [0.3, 0.4) is 0 Å². The molecule has 0 spiro atoms. The van der Waals surface area contributed by atoms with Crippen molar-refractivity contribution in [3.05, 3.63) is 0 Å². The Kier molecular flexibility index (Phi) is 6.32. The zero-order chi connectivity index (χ0) is 12.0. The molecule has 96 valence electrons. The molecule has 0 saturated carbocycles. The number of likely N-dealkylation sites (tertiary alicyclic amines) is 1. The van der Waals surface area contributed by atoms with Crippen LogP contribution in [0.15, 0.2) is 0 Å². The summed E-state index contributed by atoms with van der Waals surface area (Å²) in [4.78, 5) is 4.96. The molecule has 16 heavy (non-hydrogen) atoms. The molecule has 1 atom stereocenters. The maximum absolute atomic E-state index is 3.42. The summed E-state index contributed by atoms with van der Waals surface area (Å²) in [5.41, 5.74) is 0. The minimum atomic E-state index is 0.652. The molecule has 0 radical (unpaired) electrons. The summed E-state index contributed by atoms with van der Waals surface area (Å²) >= 11 is 0. The van der Waals surface area contributed by atoms with Crippen LogP contribution in [0.1, 0.15) is 26.7 Å². The van der Waals surface area contributed by atoms with E-state index in [4.69, 9.17) is 0 Å². The number of hydrogen-bond acceptors (Lipinski definition) is 3. The van der Waals surface area contributed by atoms with Crippen LogP contribution in [-0.2, 0) is 0 Å². The molecule has 0 aliphatic carbocycles. The third-order valence-electron chi connectivity index (χ3n) is 3.83. The Morgan fingerprint density at radius 2 is 2.00 bits per heavy atom. The SMILES string of the molecule is CCNCC(C)N(C)CC1CCN(C)CC1. The second-order valence-corrected chi connectivity index (χ2v) is 5.34. The predicted octanol–water partition coefficient (Wildman–Crippen LogP) is 1.26. The smallest absolute Gasteiger partial charge is 0.0189 e. The summed E-state index contributed by atoms with van der Waals surface area (Å²) in [6, 6.07) is 0.652. The fraction of sp³-hybridized carbons (Fsp3) is 1.00. The van der Waals surface area contributed by atoms with E-state index in [-0.39, 0.29) is 0 Å². The van der Waals surface area contributed by atoms with Crippen LogP contribution in [-0.4, -0.2) is 62.7 Å². The van der Waals surface area contributed by atoms with Gasteiger partial charge in [-0.15, -0.1) is 0 Å². The minimum absolute atomic E-state index is 0.652. The number of nitrogens with zero attached hydrogens (tertiary/aromatic N) is 2. The molecule has 1 aliphatic heterocycles. The summed E-state index contributed by atoms with van der Waals surface area (Å²) in [6.07, 6.45) is 2.74. The molecule has 0 bridgehead atoms. The maximum Gasteiger partial charge on any atom is 0.0189 e. The fourth-order valence-corrected chi connectivity index (χ4v) is 2.34. The van der Waals surface area contributed by atoms with Crippen molar-refractivity contribution in [3.63, 3.8) is 0 Å². The molecule has 0 aromatic rings. The van der Waals surface area contributed by atoms with E-state index in [2.05, 4.69) is 43.1 Å². The van der Waals surface area contributed by atoms with Crippen LogP contribution in [0, 0.1) is 5.92 Å². The van der Waals surface area contributed by atoms with Crippen molar-refractivity contribution >= 4 is 0 Å². The zero-order valence-electron chi connectivity index (χ0n) is 11.5. The van der Waals surface area contributed by atoms with Gasteiger partial charge in [0, 0.05) is 19.1 Å². The standard InChI is InChI=1S/C13H29N3/c1-5-14-10-12(2)16(4)11-13-6-8-15(3)9-7-13/h12-14H,5-11H2,1-4H3. The molecule has 0 amide bonds. The first kappa shape index (κ1) is 13.9. The van der Waals surface area contributed by atoms with Crippen LogP contribution in [0.2, 0.25) is 0 Å². The van der Waals surface area contributed by atoms with Gasteiger partial charge in [-0.25, -0.2) is 0 Å². The average Bonchev–Trinajstić information content (AvgIpc) is 2.29. The highest BCUT2D eigenvalue weighted by Gasteiger charge is 2.19. The summed E-state index contributed by atoms with van der Waals surface area (Å²) < 4.78 is 0. The molecule has 1 rings (SSSR count). The lowest BCUT2D eigenvalue weighted by Crippen LogP contribution is -2.42. The first-order valence-electron chi connectivity index (χ1n) is 6.73. The molecule has 1 saturated heterocycles. The third kappa shape index (κ3) is 4.81. The Balaban J connectivity index is 2.19. The summed E-state index contributed by atoms with van der Waals surface area (Å²) in [5, 5.41) is 3.42. The largest absolute Gasteiger partial charge is 0.315 e. The van der Waals surface area contributed by atoms with Gasteiger partial charge in [-0.3, -0.25) is 0 Å². The van der Waals surface area contributed by atoms with Crippen molar-refractivity contribution in [2.24, 2.45) is 5.92 Å². The molecule has 0 aromatic heterocycles. The van der Waals surface area contributed by atoms with E-state index < -0.39 is 0 Å². The van der Waals surface area contributed by atoms with Gasteiger partial charge in [-0.2, -0.15) is 0 Å². The van der Waals surface area contributed by atoms with Crippen LogP contribution in [0.4, 0.5) is 0 Å². The highest BCUT2D eigenvalue weighted by atomic mass is 15.2. The molecule has 1 unspecified atom stereocenters. The van der Waals surface area contributed by atoms with Gasteiger partial charge in [0.1, 0.15) is 0 Å². The third-order valence-corrected chi connectivity index (χ3v) is 3.83. The van der Waals surface area contributed by atoms with Gasteiger partial charge in [-0.05, 0) is 59.4 Å². The topological polar surface area (TPSA) is 18.5 Å². The Morgan fingerprint density at radius 3 is 2.56 bits per heavy atom. The van der Waals surface area contributed by atoms with E-state index in [1.807, 2.05) is 0 Å². The summed E-state index contributed by atoms with van der Waals surface area (Å²) in [7, 11) is 4.49. The number of rotatable bonds is 6. The number of hydrogen-bond donors (Lipinski definition) is 1. The summed E-state index contributed by atoms with van der Waals surface area (Å²) in [5.74, 6) is 0.908.